The number of carbonyl (C=O) groups excluding carboxylic acids is 1. The molecule has 1 aliphatic heterocycles. The van der Waals surface area contributed by atoms with Crippen molar-refractivity contribution in [3.8, 4) is 5.75 Å². The number of ether oxygens (including phenoxy) is 1. The Morgan fingerprint density at radius 1 is 1.24 bits per heavy atom. The molecular formula is C21H20F4N4O4S. The van der Waals surface area contributed by atoms with Gasteiger partial charge in [-0.25, -0.2) is 17.8 Å². The largest absolute Gasteiger partial charge is 0.573 e. The van der Waals surface area contributed by atoms with Crippen molar-refractivity contribution in [2.24, 2.45) is 0 Å². The van der Waals surface area contributed by atoms with E-state index in [9.17, 15) is 30.8 Å². The second-order valence-electron chi connectivity index (χ2n) is 7.96. The molecule has 0 radical (unpaired) electrons. The van der Waals surface area contributed by atoms with Crippen LogP contribution in [-0.4, -0.2) is 54.9 Å². The van der Waals surface area contributed by atoms with Crippen molar-refractivity contribution < 1.29 is 35.5 Å². The number of amides is 1. The molecule has 2 aromatic heterocycles. The van der Waals surface area contributed by atoms with Gasteiger partial charge in [0.15, 0.2) is 0 Å². The summed E-state index contributed by atoms with van der Waals surface area (Å²) >= 11 is 0. The maximum absolute atomic E-state index is 14.6. The fraction of sp³-hybridized carbons (Fsp3) is 0.333. The number of likely N-dealkylation sites (tertiary alicyclic amines) is 1. The van der Waals surface area contributed by atoms with Crippen LogP contribution >= 0.6 is 0 Å². The number of fused-ring (bicyclic) bond motifs is 1. The predicted molar refractivity (Wildman–Crippen MR) is 116 cm³/mol. The van der Waals surface area contributed by atoms with Crippen LogP contribution in [0.4, 0.5) is 23.2 Å². The first-order valence-corrected chi connectivity index (χ1v) is 12.1. The number of sulfonamides is 1. The number of nitrogens with one attached hydrogen (secondary N) is 2. The molecule has 1 fully saturated rings. The van der Waals surface area contributed by atoms with Gasteiger partial charge >= 0.3 is 6.36 Å². The van der Waals surface area contributed by atoms with Gasteiger partial charge in [0.25, 0.3) is 5.91 Å². The van der Waals surface area contributed by atoms with E-state index in [1.807, 2.05) is 0 Å². The van der Waals surface area contributed by atoms with Crippen molar-refractivity contribution in [3.05, 3.63) is 53.6 Å². The monoisotopic (exact) mass is 500 g/mol. The normalized spacial score (nSPS) is 15.5. The first kappa shape index (κ1) is 23.8. The molecule has 1 saturated heterocycles. The lowest BCUT2D eigenvalue weighted by atomic mass is 9.87. The number of anilines is 1. The van der Waals surface area contributed by atoms with Crippen LogP contribution in [-0.2, 0) is 10.0 Å². The van der Waals surface area contributed by atoms with Crippen molar-refractivity contribution in [2.45, 2.75) is 25.1 Å². The van der Waals surface area contributed by atoms with Crippen molar-refractivity contribution in [2.75, 3.05) is 24.1 Å². The van der Waals surface area contributed by atoms with Crippen molar-refractivity contribution >= 4 is 32.7 Å². The molecule has 1 aromatic carbocycles. The van der Waals surface area contributed by atoms with Crippen LogP contribution in [0.3, 0.4) is 0 Å². The number of benzene rings is 1. The van der Waals surface area contributed by atoms with Gasteiger partial charge in [0.2, 0.25) is 10.0 Å². The summed E-state index contributed by atoms with van der Waals surface area (Å²) in [6, 6.07) is 4.57. The summed E-state index contributed by atoms with van der Waals surface area (Å²) < 4.78 is 81.6. The Morgan fingerprint density at radius 2 is 1.94 bits per heavy atom. The fourth-order valence-electron chi connectivity index (χ4n) is 4.15. The van der Waals surface area contributed by atoms with Crippen LogP contribution in [0.25, 0.3) is 11.0 Å². The van der Waals surface area contributed by atoms with Crippen LogP contribution in [0, 0.1) is 5.82 Å². The van der Waals surface area contributed by atoms with Crippen LogP contribution in [0.1, 0.15) is 34.7 Å². The number of halogens is 4. The van der Waals surface area contributed by atoms with E-state index in [0.29, 0.717) is 29.4 Å². The first-order valence-electron chi connectivity index (χ1n) is 10.2. The fourth-order valence-corrected chi connectivity index (χ4v) is 4.72. The van der Waals surface area contributed by atoms with Gasteiger partial charge in [-0.15, -0.1) is 13.2 Å². The summed E-state index contributed by atoms with van der Waals surface area (Å²) in [4.78, 5) is 21.5. The standard InChI is InChI=1S/C21H20F4N4O4S/c1-34(31,32)28-17-10-13(33-21(23,24)25)2-3-14(17)20(30)29-8-5-12(6-9-29)18-15-4-7-26-19(15)27-11-16(18)22/h2-4,7,10-12,28H,5-6,8-9H2,1H3,(H,26,27). The van der Waals surface area contributed by atoms with Gasteiger partial charge in [-0.2, -0.15) is 0 Å². The lowest BCUT2D eigenvalue weighted by molar-refractivity contribution is -0.274. The molecule has 0 saturated carbocycles. The lowest BCUT2D eigenvalue weighted by Crippen LogP contribution is -2.38. The molecule has 0 bridgehead atoms. The molecule has 13 heteroatoms. The minimum atomic E-state index is -4.98. The van der Waals surface area contributed by atoms with Gasteiger partial charge in [-0.05, 0) is 37.0 Å². The summed E-state index contributed by atoms with van der Waals surface area (Å²) in [6.07, 6.45) is -0.465. The molecule has 1 aliphatic rings. The van der Waals surface area contributed by atoms with E-state index in [4.69, 9.17) is 0 Å². The molecule has 3 heterocycles. The lowest BCUT2D eigenvalue weighted by Gasteiger charge is -2.33. The Labute approximate surface area is 192 Å². The number of hydrogen-bond donors (Lipinski definition) is 2. The molecule has 1 amide bonds. The van der Waals surface area contributed by atoms with Gasteiger partial charge in [-0.1, -0.05) is 0 Å². The Hall–Kier alpha value is -3.35. The van der Waals surface area contributed by atoms with Gasteiger partial charge in [-0.3, -0.25) is 9.52 Å². The highest BCUT2D eigenvalue weighted by atomic mass is 32.2. The molecular weight excluding hydrogens is 480 g/mol. The van der Waals surface area contributed by atoms with E-state index in [0.717, 1.165) is 30.7 Å². The van der Waals surface area contributed by atoms with E-state index in [1.54, 1.807) is 12.3 Å². The van der Waals surface area contributed by atoms with E-state index in [-0.39, 0.29) is 30.3 Å². The zero-order valence-electron chi connectivity index (χ0n) is 17.8. The maximum Gasteiger partial charge on any atom is 0.573 e. The highest BCUT2D eigenvalue weighted by molar-refractivity contribution is 7.92. The minimum absolute atomic E-state index is 0.124. The number of H-pyrrole nitrogens is 1. The Morgan fingerprint density at radius 3 is 2.59 bits per heavy atom. The molecule has 4 rings (SSSR count). The molecule has 0 aliphatic carbocycles. The second-order valence-corrected chi connectivity index (χ2v) is 9.70. The summed E-state index contributed by atoms with van der Waals surface area (Å²) in [6.45, 7) is 0.493. The van der Waals surface area contributed by atoms with Gasteiger partial charge in [0.05, 0.1) is 23.7 Å². The molecule has 34 heavy (non-hydrogen) atoms. The molecule has 0 atom stereocenters. The molecule has 0 spiro atoms. The van der Waals surface area contributed by atoms with E-state index in [2.05, 4.69) is 19.4 Å². The number of hydrogen-bond acceptors (Lipinski definition) is 5. The molecule has 3 aromatic rings. The highest BCUT2D eigenvalue weighted by Gasteiger charge is 2.33. The van der Waals surface area contributed by atoms with Crippen molar-refractivity contribution in [3.63, 3.8) is 0 Å². The van der Waals surface area contributed by atoms with Gasteiger partial charge in [0.1, 0.15) is 17.2 Å². The zero-order valence-corrected chi connectivity index (χ0v) is 18.6. The Bertz CT molecular complexity index is 1330. The summed E-state index contributed by atoms with van der Waals surface area (Å²) in [5.74, 6) is -1.83. The molecule has 2 N–H and O–H groups in total. The molecule has 0 unspecified atom stereocenters. The maximum atomic E-state index is 14.6. The summed E-state index contributed by atoms with van der Waals surface area (Å²) in [7, 11) is -3.90. The highest BCUT2D eigenvalue weighted by Crippen LogP contribution is 2.35. The smallest absolute Gasteiger partial charge is 0.406 e. The van der Waals surface area contributed by atoms with E-state index in [1.165, 1.54) is 4.90 Å². The topological polar surface area (TPSA) is 104 Å². The number of nitrogens with zero attached hydrogens (tertiary/aromatic N) is 2. The predicted octanol–water partition coefficient (Wildman–Crippen LogP) is 3.99. The van der Waals surface area contributed by atoms with Crippen LogP contribution in [0.15, 0.2) is 36.7 Å². The minimum Gasteiger partial charge on any atom is -0.406 e. The van der Waals surface area contributed by atoms with Crippen LogP contribution in [0.2, 0.25) is 0 Å². The summed E-state index contributed by atoms with van der Waals surface area (Å²) in [5.41, 5.74) is 0.631. The zero-order chi connectivity index (χ0) is 24.7. The number of alkyl halides is 3. The number of aromatic nitrogens is 2. The molecule has 182 valence electrons. The number of carbonyl (C=O) groups is 1. The van der Waals surface area contributed by atoms with Gasteiger partial charge in [0, 0.05) is 36.3 Å². The number of piperidine rings is 1. The molecule has 8 nitrogen and oxygen atoms in total. The Balaban J connectivity index is 1.55. The third-order valence-electron chi connectivity index (χ3n) is 5.52. The van der Waals surface area contributed by atoms with Crippen molar-refractivity contribution in [1.82, 2.24) is 14.9 Å². The van der Waals surface area contributed by atoms with Crippen molar-refractivity contribution in [1.29, 1.82) is 0 Å². The number of rotatable bonds is 5. The van der Waals surface area contributed by atoms with E-state index < -0.39 is 33.9 Å². The number of pyridine rings is 1. The first-order chi connectivity index (χ1) is 15.9. The average molecular weight is 500 g/mol. The average Bonchev–Trinajstić information content (AvgIpc) is 3.20. The van der Waals surface area contributed by atoms with Crippen LogP contribution < -0.4 is 9.46 Å². The Kier molecular flexibility index (Phi) is 6.14. The quantitative estimate of drug-likeness (QED) is 0.516. The second kappa shape index (κ2) is 8.78. The third kappa shape index (κ3) is 5.24. The SMILES string of the molecule is CS(=O)(=O)Nc1cc(OC(F)(F)F)ccc1C(=O)N1CCC(c2c(F)cnc3[nH]ccc23)CC1. The summed E-state index contributed by atoms with van der Waals surface area (Å²) in [5, 5.41) is 0.671. The van der Waals surface area contributed by atoms with Gasteiger partial charge < -0.3 is 14.6 Å². The third-order valence-corrected chi connectivity index (χ3v) is 6.11. The van der Waals surface area contributed by atoms with Crippen LogP contribution in [0.5, 0.6) is 5.75 Å². The van der Waals surface area contributed by atoms with E-state index >= 15 is 0 Å². The number of aromatic amines is 1.